The molecule has 0 radical (unpaired) electrons. The Morgan fingerprint density at radius 1 is 1.05 bits per heavy atom. The van der Waals surface area contributed by atoms with Gasteiger partial charge >= 0.3 is 0 Å². The van der Waals surface area contributed by atoms with Gasteiger partial charge in [0.1, 0.15) is 0 Å². The second kappa shape index (κ2) is 5.50. The van der Waals surface area contributed by atoms with Gasteiger partial charge < -0.3 is 4.42 Å². The van der Waals surface area contributed by atoms with Gasteiger partial charge in [0.15, 0.2) is 17.2 Å². The number of ketones is 1. The second-order valence-electron chi connectivity index (χ2n) is 4.50. The van der Waals surface area contributed by atoms with E-state index in [1.54, 1.807) is 48.8 Å². The van der Waals surface area contributed by atoms with Crippen molar-refractivity contribution in [3.63, 3.8) is 0 Å². The molecule has 3 rings (SSSR count). The summed E-state index contributed by atoms with van der Waals surface area (Å²) in [6.07, 6.45) is 3.30. The van der Waals surface area contributed by atoms with Crippen molar-refractivity contribution in [3.8, 4) is 22.8 Å². The highest BCUT2D eigenvalue weighted by Crippen LogP contribution is 2.30. The zero-order valence-electron chi connectivity index (χ0n) is 11.2. The largest absolute Gasteiger partial charge is 0.435 e. The summed E-state index contributed by atoms with van der Waals surface area (Å²) in [5.74, 6) is 0.697. The predicted molar refractivity (Wildman–Crippen MR) is 80.2 cm³/mol. The number of Topliss-reactive ketones (excluding diaryl/α,β-unsaturated/α-hetero) is 1. The van der Waals surface area contributed by atoms with Crippen LogP contribution in [-0.2, 0) is 0 Å². The minimum absolute atomic E-state index is 0.149. The van der Waals surface area contributed by atoms with E-state index >= 15 is 0 Å². The number of pyridine rings is 1. The van der Waals surface area contributed by atoms with Crippen molar-refractivity contribution in [2.45, 2.75) is 6.92 Å². The third kappa shape index (κ3) is 2.71. The predicted octanol–water partition coefficient (Wildman–Crippen LogP) is 4.26. The molecule has 5 heteroatoms. The van der Waals surface area contributed by atoms with Crippen LogP contribution in [0.15, 0.2) is 53.2 Å². The third-order valence-electron chi connectivity index (χ3n) is 2.99. The molecule has 104 valence electrons. The molecule has 0 saturated heterocycles. The number of carbonyl (C=O) groups is 1. The van der Waals surface area contributed by atoms with Crippen LogP contribution in [-0.4, -0.2) is 15.8 Å². The lowest BCUT2D eigenvalue weighted by Gasteiger charge is -1.98. The highest BCUT2D eigenvalue weighted by atomic mass is 35.5. The van der Waals surface area contributed by atoms with Gasteiger partial charge in [0, 0.05) is 35.5 Å². The standard InChI is InChI=1S/C16H11ClN2O2/c1-10(20)14-15(11-2-4-13(17)5-3-11)21-16(19-14)12-6-8-18-9-7-12/h2-9H,1H3. The second-order valence-corrected chi connectivity index (χ2v) is 4.93. The summed E-state index contributed by atoms with van der Waals surface area (Å²) in [4.78, 5) is 20.0. The van der Waals surface area contributed by atoms with Crippen LogP contribution in [0, 0.1) is 0 Å². The summed E-state index contributed by atoms with van der Waals surface area (Å²) in [6.45, 7) is 1.47. The topological polar surface area (TPSA) is 56.0 Å². The van der Waals surface area contributed by atoms with Crippen LogP contribution >= 0.6 is 11.6 Å². The van der Waals surface area contributed by atoms with Crippen LogP contribution in [0.5, 0.6) is 0 Å². The molecule has 21 heavy (non-hydrogen) atoms. The van der Waals surface area contributed by atoms with E-state index in [1.807, 2.05) is 0 Å². The van der Waals surface area contributed by atoms with Crippen LogP contribution in [0.1, 0.15) is 17.4 Å². The highest BCUT2D eigenvalue weighted by Gasteiger charge is 2.19. The number of benzene rings is 1. The zero-order chi connectivity index (χ0) is 14.8. The first-order chi connectivity index (χ1) is 10.1. The lowest BCUT2D eigenvalue weighted by molar-refractivity contribution is 0.101. The summed E-state index contributed by atoms with van der Waals surface area (Å²) in [5, 5.41) is 0.622. The van der Waals surface area contributed by atoms with Gasteiger partial charge in [-0.1, -0.05) is 11.6 Å². The molecule has 2 aromatic heterocycles. The van der Waals surface area contributed by atoms with E-state index in [0.29, 0.717) is 22.4 Å². The first-order valence-corrected chi connectivity index (χ1v) is 6.71. The number of aromatic nitrogens is 2. The van der Waals surface area contributed by atoms with E-state index in [1.165, 1.54) is 6.92 Å². The van der Waals surface area contributed by atoms with Crippen molar-refractivity contribution in [3.05, 3.63) is 59.5 Å². The van der Waals surface area contributed by atoms with Gasteiger partial charge in [-0.05, 0) is 36.4 Å². The number of halogens is 1. The summed E-state index contributed by atoms with van der Waals surface area (Å²) in [7, 11) is 0. The average Bonchev–Trinajstić information content (AvgIpc) is 2.94. The fourth-order valence-corrected chi connectivity index (χ4v) is 2.10. The Labute approximate surface area is 126 Å². The van der Waals surface area contributed by atoms with E-state index in [4.69, 9.17) is 16.0 Å². The van der Waals surface area contributed by atoms with Crippen LogP contribution in [0.4, 0.5) is 0 Å². The quantitative estimate of drug-likeness (QED) is 0.678. The number of hydrogen-bond acceptors (Lipinski definition) is 4. The lowest BCUT2D eigenvalue weighted by Crippen LogP contribution is -1.95. The summed E-state index contributed by atoms with van der Waals surface area (Å²) in [5.41, 5.74) is 1.84. The molecule has 0 aliphatic carbocycles. The Bertz CT molecular complexity index is 780. The Balaban J connectivity index is 2.14. The molecule has 0 unspecified atom stereocenters. The van der Waals surface area contributed by atoms with Gasteiger partial charge in [0.2, 0.25) is 5.89 Å². The molecule has 0 atom stereocenters. The monoisotopic (exact) mass is 298 g/mol. The molecule has 0 bridgehead atoms. The zero-order valence-corrected chi connectivity index (χ0v) is 12.0. The molecule has 1 aromatic carbocycles. The number of rotatable bonds is 3. The summed E-state index contributed by atoms with van der Waals surface area (Å²) < 4.78 is 5.79. The van der Waals surface area contributed by atoms with E-state index in [0.717, 1.165) is 11.1 Å². The van der Waals surface area contributed by atoms with Crippen LogP contribution in [0.3, 0.4) is 0 Å². The maximum absolute atomic E-state index is 11.8. The molecule has 0 aliphatic rings. The van der Waals surface area contributed by atoms with Crippen molar-refractivity contribution < 1.29 is 9.21 Å². The van der Waals surface area contributed by atoms with Crippen LogP contribution in [0.2, 0.25) is 5.02 Å². The smallest absolute Gasteiger partial charge is 0.227 e. The molecule has 0 aliphatic heterocycles. The van der Waals surface area contributed by atoms with Gasteiger partial charge in [-0.3, -0.25) is 9.78 Å². The van der Waals surface area contributed by atoms with E-state index < -0.39 is 0 Å². The molecular formula is C16H11ClN2O2. The Morgan fingerprint density at radius 2 is 1.71 bits per heavy atom. The Hall–Kier alpha value is -2.46. The van der Waals surface area contributed by atoms with Crippen molar-refractivity contribution in [1.29, 1.82) is 0 Å². The third-order valence-corrected chi connectivity index (χ3v) is 3.25. The van der Waals surface area contributed by atoms with Crippen LogP contribution in [0.25, 0.3) is 22.8 Å². The van der Waals surface area contributed by atoms with Crippen molar-refractivity contribution in [2.75, 3.05) is 0 Å². The Morgan fingerprint density at radius 3 is 2.33 bits per heavy atom. The van der Waals surface area contributed by atoms with Gasteiger partial charge in [0.05, 0.1) is 0 Å². The minimum atomic E-state index is -0.149. The molecule has 0 fully saturated rings. The number of carbonyl (C=O) groups excluding carboxylic acids is 1. The molecule has 4 nitrogen and oxygen atoms in total. The van der Waals surface area contributed by atoms with Gasteiger partial charge in [-0.25, -0.2) is 4.98 Å². The molecular weight excluding hydrogens is 288 g/mol. The van der Waals surface area contributed by atoms with Crippen molar-refractivity contribution in [1.82, 2.24) is 9.97 Å². The molecule has 2 heterocycles. The maximum Gasteiger partial charge on any atom is 0.227 e. The minimum Gasteiger partial charge on any atom is -0.435 e. The molecule has 0 amide bonds. The SMILES string of the molecule is CC(=O)c1nc(-c2ccncc2)oc1-c1ccc(Cl)cc1. The van der Waals surface area contributed by atoms with E-state index in [-0.39, 0.29) is 5.78 Å². The highest BCUT2D eigenvalue weighted by molar-refractivity contribution is 6.30. The molecule has 0 spiro atoms. The van der Waals surface area contributed by atoms with Gasteiger partial charge in [-0.15, -0.1) is 0 Å². The lowest BCUT2D eigenvalue weighted by atomic mass is 10.1. The van der Waals surface area contributed by atoms with Crippen molar-refractivity contribution in [2.24, 2.45) is 0 Å². The first kappa shape index (κ1) is 13.5. The first-order valence-electron chi connectivity index (χ1n) is 6.33. The molecule has 3 aromatic rings. The number of nitrogens with zero attached hydrogens (tertiary/aromatic N) is 2. The number of hydrogen-bond donors (Lipinski definition) is 0. The Kier molecular flexibility index (Phi) is 3.54. The summed E-state index contributed by atoms with van der Waals surface area (Å²) in [6, 6.07) is 10.6. The van der Waals surface area contributed by atoms with Crippen LogP contribution < -0.4 is 0 Å². The molecule has 0 N–H and O–H groups in total. The summed E-state index contributed by atoms with van der Waals surface area (Å²) >= 11 is 5.88. The normalized spacial score (nSPS) is 10.6. The maximum atomic E-state index is 11.8. The van der Waals surface area contributed by atoms with E-state index in [9.17, 15) is 4.79 Å². The fraction of sp³-hybridized carbons (Fsp3) is 0.0625. The van der Waals surface area contributed by atoms with E-state index in [2.05, 4.69) is 9.97 Å². The molecule has 0 saturated carbocycles. The number of oxazole rings is 1. The van der Waals surface area contributed by atoms with Gasteiger partial charge in [0.25, 0.3) is 0 Å². The van der Waals surface area contributed by atoms with Crippen molar-refractivity contribution >= 4 is 17.4 Å². The van der Waals surface area contributed by atoms with Gasteiger partial charge in [-0.2, -0.15) is 0 Å². The fourth-order valence-electron chi connectivity index (χ4n) is 1.97. The average molecular weight is 299 g/mol.